The van der Waals surface area contributed by atoms with Gasteiger partial charge in [-0.3, -0.25) is 14.9 Å². The topological polar surface area (TPSA) is 81.9 Å². The van der Waals surface area contributed by atoms with E-state index in [1.165, 1.54) is 13.2 Å². The van der Waals surface area contributed by atoms with Crippen LogP contribution >= 0.6 is 0 Å². The van der Waals surface area contributed by atoms with Gasteiger partial charge in [-0.05, 0) is 25.5 Å². The number of hydrogen-bond donors (Lipinski definition) is 0. The van der Waals surface area contributed by atoms with E-state index in [2.05, 4.69) is 0 Å². The first-order valence-electron chi connectivity index (χ1n) is 6.77. The summed E-state index contributed by atoms with van der Waals surface area (Å²) in [5.41, 5.74) is 0.215. The third-order valence-corrected chi connectivity index (χ3v) is 2.84. The minimum absolute atomic E-state index is 0.0321. The average Bonchev–Trinajstić information content (AvgIpc) is 2.46. The maximum atomic E-state index is 11.7. The van der Waals surface area contributed by atoms with Crippen molar-refractivity contribution in [3.05, 3.63) is 28.3 Å². The molecule has 0 atom stereocenters. The molecule has 1 aromatic carbocycles. The Labute approximate surface area is 123 Å². The smallest absolute Gasteiger partial charge is 0.333 e. The summed E-state index contributed by atoms with van der Waals surface area (Å²) in [6.07, 6.45) is 0.744. The second kappa shape index (κ2) is 8.08. The Balaban J connectivity index is 3.18. The van der Waals surface area contributed by atoms with Crippen LogP contribution in [0, 0.1) is 10.1 Å². The molecule has 1 rings (SSSR count). The molecule has 0 aliphatic carbocycles. The molecule has 7 nitrogen and oxygen atoms in total. The molecule has 0 unspecified atom stereocenters. The summed E-state index contributed by atoms with van der Waals surface area (Å²) in [5.74, 6) is -0.245. The number of methoxy groups -OCH3 is 1. The van der Waals surface area contributed by atoms with Crippen LogP contribution in [0.15, 0.2) is 18.2 Å². The van der Waals surface area contributed by atoms with Crippen LogP contribution in [0.4, 0.5) is 11.4 Å². The maximum Gasteiger partial charge on any atom is 0.333 e. The van der Waals surface area contributed by atoms with Gasteiger partial charge in [-0.2, -0.15) is 0 Å². The highest BCUT2D eigenvalue weighted by molar-refractivity contribution is 5.79. The van der Waals surface area contributed by atoms with E-state index in [0.717, 1.165) is 6.42 Å². The zero-order valence-corrected chi connectivity index (χ0v) is 12.5. The molecule has 116 valence electrons. The fourth-order valence-electron chi connectivity index (χ4n) is 2.03. The molecule has 0 N–H and O–H groups in total. The fourth-order valence-corrected chi connectivity index (χ4v) is 2.03. The van der Waals surface area contributed by atoms with Gasteiger partial charge in [0.05, 0.1) is 18.6 Å². The van der Waals surface area contributed by atoms with Gasteiger partial charge in [0.25, 0.3) is 0 Å². The van der Waals surface area contributed by atoms with Crippen LogP contribution in [-0.4, -0.2) is 37.7 Å². The molecule has 0 radical (unpaired) electrons. The van der Waals surface area contributed by atoms with Gasteiger partial charge >= 0.3 is 11.7 Å². The lowest BCUT2D eigenvalue weighted by Crippen LogP contribution is -2.32. The van der Waals surface area contributed by atoms with Crippen LogP contribution in [0.1, 0.15) is 20.3 Å². The number of nitro benzene ring substituents is 1. The fraction of sp³-hybridized carbons (Fsp3) is 0.500. The highest BCUT2D eigenvalue weighted by Gasteiger charge is 2.25. The standard InChI is InChI=1S/C14H20N2O5/c1-4-9-15(10-13(17)21-5-2)11-7-6-8-12(20-3)14(11)16(18)19/h6-8H,4-5,9-10H2,1-3H3. The molecule has 0 bridgehead atoms. The second-order valence-electron chi connectivity index (χ2n) is 4.31. The molecule has 0 saturated heterocycles. The number of benzene rings is 1. The molecular weight excluding hydrogens is 276 g/mol. The molecule has 0 spiro atoms. The minimum Gasteiger partial charge on any atom is -0.490 e. The Morgan fingerprint density at radius 1 is 1.38 bits per heavy atom. The number of rotatable bonds is 8. The Bertz CT molecular complexity index is 504. The van der Waals surface area contributed by atoms with Crippen molar-refractivity contribution in [1.29, 1.82) is 0 Å². The van der Waals surface area contributed by atoms with Crippen LogP contribution in [0.25, 0.3) is 0 Å². The summed E-state index contributed by atoms with van der Waals surface area (Å²) >= 11 is 0. The quantitative estimate of drug-likeness (QED) is 0.416. The van der Waals surface area contributed by atoms with Crippen molar-refractivity contribution >= 4 is 17.3 Å². The summed E-state index contributed by atoms with van der Waals surface area (Å²) < 4.78 is 9.96. The van der Waals surface area contributed by atoms with E-state index in [9.17, 15) is 14.9 Å². The molecule has 21 heavy (non-hydrogen) atoms. The number of para-hydroxylation sites is 1. The molecule has 0 saturated carbocycles. The van der Waals surface area contributed by atoms with Gasteiger partial charge in [0.2, 0.25) is 0 Å². The predicted octanol–water partition coefficient (Wildman–Crippen LogP) is 2.38. The summed E-state index contributed by atoms with van der Waals surface area (Å²) in [6.45, 7) is 4.40. The number of ether oxygens (including phenoxy) is 2. The van der Waals surface area contributed by atoms with E-state index >= 15 is 0 Å². The first-order valence-corrected chi connectivity index (χ1v) is 6.77. The van der Waals surface area contributed by atoms with E-state index < -0.39 is 10.9 Å². The SMILES string of the molecule is CCCN(CC(=O)OCC)c1cccc(OC)c1[N+](=O)[O-]. The van der Waals surface area contributed by atoms with Crippen LogP contribution in [-0.2, 0) is 9.53 Å². The summed E-state index contributed by atoms with van der Waals surface area (Å²) in [4.78, 5) is 24.1. The first-order chi connectivity index (χ1) is 10.0. The lowest BCUT2D eigenvalue weighted by molar-refractivity contribution is -0.385. The van der Waals surface area contributed by atoms with Crippen molar-refractivity contribution in [3.63, 3.8) is 0 Å². The summed E-state index contributed by atoms with van der Waals surface area (Å²) in [6, 6.07) is 4.79. The van der Waals surface area contributed by atoms with Gasteiger partial charge in [0.15, 0.2) is 5.75 Å². The number of anilines is 1. The number of carbonyl (C=O) groups is 1. The Hall–Kier alpha value is -2.31. The average molecular weight is 296 g/mol. The molecule has 0 aromatic heterocycles. The molecular formula is C14H20N2O5. The van der Waals surface area contributed by atoms with Crippen molar-refractivity contribution in [1.82, 2.24) is 0 Å². The van der Waals surface area contributed by atoms with Gasteiger partial charge < -0.3 is 14.4 Å². The van der Waals surface area contributed by atoms with E-state index in [0.29, 0.717) is 12.2 Å². The van der Waals surface area contributed by atoms with Gasteiger partial charge in [-0.25, -0.2) is 0 Å². The van der Waals surface area contributed by atoms with Crippen LogP contribution in [0.3, 0.4) is 0 Å². The Kier molecular flexibility index (Phi) is 6.45. The first kappa shape index (κ1) is 16.7. The molecule has 0 heterocycles. The normalized spacial score (nSPS) is 10.0. The second-order valence-corrected chi connectivity index (χ2v) is 4.31. The Morgan fingerprint density at radius 2 is 2.10 bits per heavy atom. The highest BCUT2D eigenvalue weighted by Crippen LogP contribution is 2.36. The van der Waals surface area contributed by atoms with Gasteiger partial charge in [0.1, 0.15) is 12.2 Å². The molecule has 7 heteroatoms. The van der Waals surface area contributed by atoms with Crippen molar-refractivity contribution in [2.75, 3.05) is 31.7 Å². The molecule has 0 aliphatic rings. The zero-order chi connectivity index (χ0) is 15.8. The third kappa shape index (κ3) is 4.34. The minimum atomic E-state index is -0.498. The van der Waals surface area contributed by atoms with Crippen LogP contribution in [0.5, 0.6) is 5.75 Å². The number of carbonyl (C=O) groups excluding carboxylic acids is 1. The summed E-state index contributed by atoms with van der Waals surface area (Å²) in [7, 11) is 1.38. The summed E-state index contributed by atoms with van der Waals surface area (Å²) in [5, 5.41) is 11.3. The zero-order valence-electron chi connectivity index (χ0n) is 12.5. The van der Waals surface area contributed by atoms with Gasteiger partial charge in [-0.1, -0.05) is 13.0 Å². The molecule has 0 aliphatic heterocycles. The lowest BCUT2D eigenvalue weighted by Gasteiger charge is -2.23. The van der Waals surface area contributed by atoms with Crippen LogP contribution < -0.4 is 9.64 Å². The molecule has 1 aromatic rings. The van der Waals surface area contributed by atoms with Crippen molar-refractivity contribution < 1.29 is 19.2 Å². The predicted molar refractivity (Wildman–Crippen MR) is 78.8 cm³/mol. The van der Waals surface area contributed by atoms with Gasteiger partial charge in [0, 0.05) is 6.54 Å². The molecule has 0 amide bonds. The van der Waals surface area contributed by atoms with Crippen molar-refractivity contribution in [2.24, 2.45) is 0 Å². The lowest BCUT2D eigenvalue weighted by atomic mass is 10.2. The van der Waals surface area contributed by atoms with Crippen LogP contribution in [0.2, 0.25) is 0 Å². The maximum absolute atomic E-state index is 11.7. The van der Waals surface area contributed by atoms with E-state index in [1.807, 2.05) is 6.92 Å². The van der Waals surface area contributed by atoms with Gasteiger partial charge in [-0.15, -0.1) is 0 Å². The molecule has 0 fully saturated rings. The van der Waals surface area contributed by atoms with Crippen molar-refractivity contribution in [2.45, 2.75) is 20.3 Å². The third-order valence-electron chi connectivity index (χ3n) is 2.84. The number of esters is 1. The van der Waals surface area contributed by atoms with E-state index in [4.69, 9.17) is 9.47 Å². The Morgan fingerprint density at radius 3 is 2.62 bits per heavy atom. The monoisotopic (exact) mass is 296 g/mol. The number of nitrogens with zero attached hydrogens (tertiary/aromatic N) is 2. The highest BCUT2D eigenvalue weighted by atomic mass is 16.6. The number of nitro groups is 1. The van der Waals surface area contributed by atoms with Crippen molar-refractivity contribution in [3.8, 4) is 5.75 Å². The van der Waals surface area contributed by atoms with E-state index in [-0.39, 0.29) is 24.6 Å². The van der Waals surface area contributed by atoms with E-state index in [1.54, 1.807) is 24.0 Å². The number of hydrogen-bond acceptors (Lipinski definition) is 6. The largest absolute Gasteiger partial charge is 0.490 e.